The molecular formula is C21H28N4O6S2. The van der Waals surface area contributed by atoms with Crippen LogP contribution in [0.25, 0.3) is 10.9 Å². The highest BCUT2D eigenvalue weighted by Crippen LogP contribution is 2.20. The summed E-state index contributed by atoms with van der Waals surface area (Å²) >= 11 is 3.22. The normalized spacial score (nSPS) is 13.4. The van der Waals surface area contributed by atoms with E-state index < -0.39 is 50.6 Å². The van der Waals surface area contributed by atoms with E-state index in [2.05, 4.69) is 28.2 Å². The van der Waals surface area contributed by atoms with Gasteiger partial charge in [-0.3, -0.25) is 19.2 Å². The first-order chi connectivity index (χ1) is 15.4. The molecule has 0 spiro atoms. The maximum Gasteiger partial charge on any atom is 0.320 e. The van der Waals surface area contributed by atoms with Crippen molar-refractivity contribution in [1.29, 1.82) is 0 Å². The van der Waals surface area contributed by atoms with Crippen molar-refractivity contribution >= 4 is 55.7 Å². The highest BCUT2D eigenvalue weighted by atomic mass is 32.3. The highest BCUT2D eigenvalue weighted by molar-refractivity contribution is 8.26. The van der Waals surface area contributed by atoms with E-state index >= 15 is 0 Å². The molecule has 2 aromatic rings. The fourth-order valence-electron chi connectivity index (χ4n) is 3.50. The lowest BCUT2D eigenvalue weighted by Gasteiger charge is -2.22. The Kier molecular flexibility index (Phi) is 9.06. The summed E-state index contributed by atoms with van der Waals surface area (Å²) in [4.78, 5) is 51.9. The largest absolute Gasteiger partial charge is 0.361 e. The zero-order chi connectivity index (χ0) is 24.8. The number of amides is 3. The maximum absolute atomic E-state index is 13.0. The lowest BCUT2D eigenvalue weighted by atomic mass is 9.92. The average molecular weight is 497 g/mol. The summed E-state index contributed by atoms with van der Waals surface area (Å²) in [5.41, 5.74) is 1.72. The smallest absolute Gasteiger partial charge is 0.320 e. The summed E-state index contributed by atoms with van der Waals surface area (Å²) < 4.78 is 23.3. The molecule has 3 amide bonds. The minimum Gasteiger partial charge on any atom is -0.361 e. The second kappa shape index (κ2) is 11.3. The lowest BCUT2D eigenvalue weighted by Crippen LogP contribution is -2.49. The molecule has 10 nitrogen and oxygen atoms in total. The molecule has 2 unspecified atom stereocenters. The van der Waals surface area contributed by atoms with Crippen LogP contribution in [0.15, 0.2) is 30.5 Å². The summed E-state index contributed by atoms with van der Waals surface area (Å²) in [6.07, 6.45) is 1.77. The van der Waals surface area contributed by atoms with E-state index in [9.17, 15) is 27.6 Å². The van der Waals surface area contributed by atoms with E-state index in [-0.39, 0.29) is 18.8 Å². The number of sulfonamides is 1. The van der Waals surface area contributed by atoms with Crippen LogP contribution in [0.1, 0.15) is 32.3 Å². The zero-order valence-electron chi connectivity index (χ0n) is 18.5. The minimum absolute atomic E-state index is 0.00346. The molecule has 2 rings (SSSR count). The average Bonchev–Trinajstić information content (AvgIpc) is 3.14. The fraction of sp³-hybridized carbons (Fsp3) is 0.429. The Hall–Kier alpha value is -2.86. The van der Waals surface area contributed by atoms with Crippen LogP contribution in [0, 0.1) is 11.8 Å². The first-order valence-electron chi connectivity index (χ1n) is 10.3. The van der Waals surface area contributed by atoms with E-state index in [1.54, 1.807) is 10.9 Å². The second-order valence-electron chi connectivity index (χ2n) is 8.06. The molecule has 2 atom stereocenters. The number of rotatable bonds is 9. The third kappa shape index (κ3) is 7.32. The Morgan fingerprint density at radius 3 is 2.36 bits per heavy atom. The van der Waals surface area contributed by atoms with Crippen LogP contribution in [-0.4, -0.2) is 48.7 Å². The molecule has 4 N–H and O–H groups in total. The number of hydrogen-bond acceptors (Lipinski definition) is 6. The van der Waals surface area contributed by atoms with Gasteiger partial charge >= 0.3 is 14.5 Å². The molecule has 0 saturated carbocycles. The predicted octanol–water partition coefficient (Wildman–Crippen LogP) is 1.49. The van der Waals surface area contributed by atoms with Crippen LogP contribution in [0.3, 0.4) is 0 Å². The van der Waals surface area contributed by atoms with Gasteiger partial charge in [0.1, 0.15) is 6.04 Å². The Balaban J connectivity index is 2.19. The Morgan fingerprint density at radius 2 is 1.76 bits per heavy atom. The van der Waals surface area contributed by atoms with Gasteiger partial charge in [0.05, 0.1) is 0 Å². The van der Waals surface area contributed by atoms with Crippen LogP contribution in [0.5, 0.6) is 0 Å². The summed E-state index contributed by atoms with van der Waals surface area (Å²) in [5.74, 6) is -2.90. The van der Waals surface area contributed by atoms with Crippen molar-refractivity contribution < 1.29 is 27.6 Å². The first-order valence-corrected chi connectivity index (χ1v) is 12.2. The molecule has 0 saturated heterocycles. The third-order valence-electron chi connectivity index (χ3n) is 5.01. The van der Waals surface area contributed by atoms with Gasteiger partial charge in [-0.1, -0.05) is 44.7 Å². The number of thiol groups is 1. The van der Waals surface area contributed by atoms with Gasteiger partial charge < -0.3 is 15.6 Å². The van der Waals surface area contributed by atoms with E-state index in [0.717, 1.165) is 16.5 Å². The molecule has 12 heteroatoms. The van der Waals surface area contributed by atoms with E-state index in [0.29, 0.717) is 0 Å². The van der Waals surface area contributed by atoms with Crippen molar-refractivity contribution in [2.45, 2.75) is 39.2 Å². The van der Waals surface area contributed by atoms with Crippen molar-refractivity contribution in [1.82, 2.24) is 20.3 Å². The van der Waals surface area contributed by atoms with Gasteiger partial charge in [0.25, 0.3) is 0 Å². The standard InChI is InChI=1S/C21H28N4O6S2/c1-12(2)8-13(10-18(26)25-33(30,31)21(29)32)19(27)24-17(20(28)22-3)9-14-11-23-16-7-5-4-6-15(14)16/h4-7,11-13,17,23H,8-10H2,1-3H3,(H,22,28)(H,24,27)(H,25,26)(H,29,32). The molecular weight excluding hydrogens is 468 g/mol. The Labute approximate surface area is 197 Å². The molecule has 1 aromatic heterocycles. The first kappa shape index (κ1) is 26.4. The van der Waals surface area contributed by atoms with Gasteiger partial charge in [-0.15, -0.1) is 0 Å². The number of carbonyl (C=O) groups excluding carboxylic acids is 4. The van der Waals surface area contributed by atoms with E-state index in [4.69, 9.17) is 0 Å². The molecule has 180 valence electrons. The molecule has 33 heavy (non-hydrogen) atoms. The molecule has 1 aromatic carbocycles. The monoisotopic (exact) mass is 496 g/mol. The summed E-state index contributed by atoms with van der Waals surface area (Å²) in [6.45, 7) is 3.68. The summed E-state index contributed by atoms with van der Waals surface area (Å²) in [6, 6.07) is 6.63. The number of aromatic amines is 1. The van der Waals surface area contributed by atoms with Crippen LogP contribution >= 0.6 is 12.6 Å². The van der Waals surface area contributed by atoms with Crippen LogP contribution in [-0.2, 0) is 30.8 Å². The van der Waals surface area contributed by atoms with E-state index in [1.165, 1.54) is 7.05 Å². The van der Waals surface area contributed by atoms with Gasteiger partial charge in [0.15, 0.2) is 0 Å². The number of nitrogens with one attached hydrogen (secondary N) is 4. The van der Waals surface area contributed by atoms with Gasteiger partial charge in [-0.05, 0) is 24.0 Å². The Bertz CT molecular complexity index is 1140. The third-order valence-corrected chi connectivity index (χ3v) is 6.69. The van der Waals surface area contributed by atoms with Crippen LogP contribution in [0.4, 0.5) is 4.79 Å². The second-order valence-corrected chi connectivity index (χ2v) is 10.4. The molecule has 0 bridgehead atoms. The number of carbonyl (C=O) groups is 4. The van der Waals surface area contributed by atoms with Crippen molar-refractivity contribution in [2.24, 2.45) is 11.8 Å². The maximum atomic E-state index is 13.0. The van der Waals surface area contributed by atoms with Gasteiger partial charge in [-0.2, -0.15) is 8.42 Å². The van der Waals surface area contributed by atoms with Crippen LogP contribution in [0.2, 0.25) is 0 Å². The van der Waals surface area contributed by atoms with E-state index in [1.807, 2.05) is 38.1 Å². The number of H-pyrrole nitrogens is 1. The van der Waals surface area contributed by atoms with Gasteiger partial charge in [0.2, 0.25) is 17.7 Å². The lowest BCUT2D eigenvalue weighted by molar-refractivity contribution is -0.133. The summed E-state index contributed by atoms with van der Waals surface area (Å²) in [7, 11) is -3.11. The van der Waals surface area contributed by atoms with Gasteiger partial charge in [0, 0.05) is 42.9 Å². The molecule has 0 radical (unpaired) electrons. The minimum atomic E-state index is -4.57. The molecule has 1 heterocycles. The number of hydrogen-bond donors (Lipinski definition) is 5. The molecule has 0 aliphatic rings. The number of benzene rings is 1. The molecule has 0 aliphatic carbocycles. The predicted molar refractivity (Wildman–Crippen MR) is 127 cm³/mol. The summed E-state index contributed by atoms with van der Waals surface area (Å²) in [5, 5.41) is 6.13. The quantitative estimate of drug-likeness (QED) is 0.331. The van der Waals surface area contributed by atoms with Crippen molar-refractivity contribution in [2.75, 3.05) is 7.05 Å². The molecule has 0 fully saturated rings. The van der Waals surface area contributed by atoms with Crippen LogP contribution < -0.4 is 15.4 Å². The number of para-hydroxylation sites is 1. The topological polar surface area (TPSA) is 154 Å². The number of aromatic nitrogens is 1. The fourth-order valence-corrected chi connectivity index (χ4v) is 4.11. The van der Waals surface area contributed by atoms with Crippen molar-refractivity contribution in [3.05, 3.63) is 36.0 Å². The Morgan fingerprint density at radius 1 is 1.09 bits per heavy atom. The molecule has 0 aliphatic heterocycles. The highest BCUT2D eigenvalue weighted by Gasteiger charge is 2.30. The van der Waals surface area contributed by atoms with Crippen molar-refractivity contribution in [3.8, 4) is 0 Å². The SMILES string of the molecule is CNC(=O)C(Cc1c[nH]c2ccccc12)NC(=O)C(CC(=O)NS(=O)(=O)C(=O)S)CC(C)C. The van der Waals surface area contributed by atoms with Gasteiger partial charge in [-0.25, -0.2) is 4.72 Å². The number of likely N-dealkylation sites (N-methyl/N-ethyl adjacent to an activating group) is 1. The number of fused-ring (bicyclic) bond motifs is 1. The zero-order valence-corrected chi connectivity index (χ0v) is 20.3. The van der Waals surface area contributed by atoms with Crippen molar-refractivity contribution in [3.63, 3.8) is 0 Å².